The Balaban J connectivity index is 1.56. The normalized spacial score (nSPS) is 18.6. The van der Waals surface area contributed by atoms with Gasteiger partial charge in [0.25, 0.3) is 5.79 Å². The first kappa shape index (κ1) is 16.9. The van der Waals surface area contributed by atoms with Crippen LogP contribution in [0.2, 0.25) is 0 Å². The summed E-state index contributed by atoms with van der Waals surface area (Å²) in [6, 6.07) is 11.2. The van der Waals surface area contributed by atoms with Crippen LogP contribution >= 0.6 is 15.9 Å². The molecule has 1 spiro atoms. The van der Waals surface area contributed by atoms with Crippen molar-refractivity contribution in [3.8, 4) is 0 Å². The van der Waals surface area contributed by atoms with E-state index in [9.17, 15) is 9.59 Å². The molecule has 0 atom stereocenters. The molecule has 1 saturated carbocycles. The average Bonchev–Trinajstić information content (AvgIpc) is 3.19. The Kier molecular flexibility index (Phi) is 4.32. The number of nitrogens with one attached hydrogen (secondary N) is 1. The zero-order valence-electron chi connectivity index (χ0n) is 13.8. The van der Waals surface area contributed by atoms with Gasteiger partial charge in [0.1, 0.15) is 11.3 Å². The summed E-state index contributed by atoms with van der Waals surface area (Å²) in [6.07, 6.45) is 4.19. The Morgan fingerprint density at radius 2 is 1.69 bits per heavy atom. The number of para-hydroxylation sites is 1. The largest absolute Gasteiger partial charge is 0.440 e. The van der Waals surface area contributed by atoms with E-state index >= 15 is 0 Å². The van der Waals surface area contributed by atoms with Crippen molar-refractivity contribution < 1.29 is 23.5 Å². The number of carbonyl (C=O) groups excluding carboxylic acids is 2. The highest BCUT2D eigenvalue weighted by Gasteiger charge is 2.48. The number of ether oxygens (including phenoxy) is 2. The summed E-state index contributed by atoms with van der Waals surface area (Å²) in [6.45, 7) is 0. The molecule has 0 radical (unpaired) electrons. The summed E-state index contributed by atoms with van der Waals surface area (Å²) in [5, 5.41) is 3.12. The van der Waals surface area contributed by atoms with Gasteiger partial charge in [0.15, 0.2) is 0 Å². The van der Waals surface area contributed by atoms with Gasteiger partial charge in [-0.05, 0) is 40.9 Å². The Morgan fingerprint density at radius 1 is 1.04 bits per heavy atom. The third-order valence-corrected chi connectivity index (χ3v) is 4.98. The predicted molar refractivity (Wildman–Crippen MR) is 97.5 cm³/mol. The first-order valence-corrected chi connectivity index (χ1v) is 9.14. The van der Waals surface area contributed by atoms with Gasteiger partial charge in [0.05, 0.1) is 4.47 Å². The second-order valence-corrected chi connectivity index (χ2v) is 7.13. The Hall–Kier alpha value is -2.54. The van der Waals surface area contributed by atoms with E-state index in [-0.39, 0.29) is 5.57 Å². The maximum Gasteiger partial charge on any atom is 0.349 e. The van der Waals surface area contributed by atoms with E-state index in [1.807, 2.05) is 30.3 Å². The zero-order valence-corrected chi connectivity index (χ0v) is 15.4. The van der Waals surface area contributed by atoms with E-state index in [2.05, 4.69) is 21.2 Å². The molecule has 6 nitrogen and oxygen atoms in total. The van der Waals surface area contributed by atoms with Crippen molar-refractivity contribution in [2.75, 3.05) is 5.32 Å². The number of hydrogen-bond donors (Lipinski definition) is 1. The van der Waals surface area contributed by atoms with E-state index in [4.69, 9.17) is 13.9 Å². The number of esters is 2. The molecule has 2 heterocycles. The van der Waals surface area contributed by atoms with Gasteiger partial charge in [-0.3, -0.25) is 0 Å². The number of carbonyl (C=O) groups is 2. The van der Waals surface area contributed by atoms with Crippen molar-refractivity contribution in [2.45, 2.75) is 31.5 Å². The molecular formula is C19H16BrNO5. The summed E-state index contributed by atoms with van der Waals surface area (Å²) >= 11 is 3.40. The summed E-state index contributed by atoms with van der Waals surface area (Å²) in [5.41, 5.74) is 0.677. The lowest BCUT2D eigenvalue weighted by Crippen LogP contribution is -2.44. The molecule has 1 saturated heterocycles. The highest BCUT2D eigenvalue weighted by molar-refractivity contribution is 9.10. The van der Waals surface area contributed by atoms with Crippen molar-refractivity contribution in [3.05, 3.63) is 52.2 Å². The van der Waals surface area contributed by atoms with Gasteiger partial charge < -0.3 is 19.2 Å². The number of halogens is 1. The quantitative estimate of drug-likeness (QED) is 0.448. The molecule has 4 rings (SSSR count). The summed E-state index contributed by atoms with van der Waals surface area (Å²) in [7, 11) is 0. The van der Waals surface area contributed by atoms with Crippen molar-refractivity contribution in [3.63, 3.8) is 0 Å². The third kappa shape index (κ3) is 3.26. The second kappa shape index (κ2) is 6.64. The molecule has 7 heteroatoms. The Bertz CT molecular complexity index is 859. The average molecular weight is 418 g/mol. The Labute approximate surface area is 158 Å². The van der Waals surface area contributed by atoms with Crippen LogP contribution in [0.25, 0.3) is 6.08 Å². The number of rotatable bonds is 3. The van der Waals surface area contributed by atoms with Crippen LogP contribution in [0.1, 0.15) is 31.4 Å². The van der Waals surface area contributed by atoms with Gasteiger partial charge in [0, 0.05) is 30.7 Å². The summed E-state index contributed by atoms with van der Waals surface area (Å²) < 4.78 is 17.2. The molecule has 2 aliphatic rings. The topological polar surface area (TPSA) is 77.8 Å². The molecule has 0 unspecified atom stereocenters. The van der Waals surface area contributed by atoms with E-state index in [0.717, 1.165) is 18.5 Å². The molecule has 0 bridgehead atoms. The molecule has 134 valence electrons. The lowest BCUT2D eigenvalue weighted by molar-refractivity contribution is -0.232. The minimum Gasteiger partial charge on any atom is -0.440 e. The van der Waals surface area contributed by atoms with Crippen LogP contribution in [0.15, 0.2) is 50.9 Å². The smallest absolute Gasteiger partial charge is 0.349 e. The molecule has 1 aliphatic heterocycles. The van der Waals surface area contributed by atoms with Crippen molar-refractivity contribution in [2.24, 2.45) is 0 Å². The molecule has 1 aliphatic carbocycles. The van der Waals surface area contributed by atoms with Crippen molar-refractivity contribution in [1.29, 1.82) is 0 Å². The van der Waals surface area contributed by atoms with E-state index in [1.54, 1.807) is 6.07 Å². The van der Waals surface area contributed by atoms with Crippen LogP contribution < -0.4 is 5.32 Å². The minimum absolute atomic E-state index is 0.171. The fourth-order valence-corrected chi connectivity index (χ4v) is 3.53. The number of hydrogen-bond acceptors (Lipinski definition) is 6. The van der Waals surface area contributed by atoms with Crippen LogP contribution in [0.3, 0.4) is 0 Å². The van der Waals surface area contributed by atoms with Gasteiger partial charge in [-0.15, -0.1) is 0 Å². The van der Waals surface area contributed by atoms with E-state index < -0.39 is 17.7 Å². The third-order valence-electron chi connectivity index (χ3n) is 4.39. The maximum atomic E-state index is 12.3. The zero-order chi connectivity index (χ0) is 18.1. The Morgan fingerprint density at radius 3 is 2.35 bits per heavy atom. The molecule has 2 fully saturated rings. The van der Waals surface area contributed by atoms with Gasteiger partial charge in [-0.25, -0.2) is 9.59 Å². The summed E-state index contributed by atoms with van der Waals surface area (Å²) in [5.74, 6) is -1.62. The fourth-order valence-electron chi connectivity index (χ4n) is 3.13. The van der Waals surface area contributed by atoms with Crippen molar-refractivity contribution >= 4 is 45.5 Å². The number of furan rings is 1. The molecule has 2 aromatic rings. The van der Waals surface area contributed by atoms with Crippen molar-refractivity contribution in [1.82, 2.24) is 0 Å². The summed E-state index contributed by atoms with van der Waals surface area (Å²) in [4.78, 5) is 24.6. The number of anilines is 2. The molecule has 1 aromatic heterocycles. The SMILES string of the molecule is O=C1OC2(CCCC2)OC(=O)C1=Cc1cc(Br)c(Nc2ccccc2)o1. The highest BCUT2D eigenvalue weighted by atomic mass is 79.9. The van der Waals surface area contributed by atoms with Crippen LogP contribution in [0.4, 0.5) is 11.6 Å². The highest BCUT2D eigenvalue weighted by Crippen LogP contribution is 2.39. The van der Waals surface area contributed by atoms with Gasteiger partial charge in [-0.2, -0.15) is 0 Å². The van der Waals surface area contributed by atoms with Gasteiger partial charge >= 0.3 is 11.9 Å². The lowest BCUT2D eigenvalue weighted by Gasteiger charge is -2.32. The molecule has 1 N–H and O–H groups in total. The van der Waals surface area contributed by atoms with E-state index in [0.29, 0.717) is 29.0 Å². The van der Waals surface area contributed by atoms with Crippen LogP contribution in [-0.4, -0.2) is 17.7 Å². The molecule has 0 amide bonds. The van der Waals surface area contributed by atoms with Gasteiger partial charge in [0.2, 0.25) is 5.88 Å². The minimum atomic E-state index is -1.07. The lowest BCUT2D eigenvalue weighted by atomic mass is 10.1. The first-order chi connectivity index (χ1) is 12.5. The maximum absolute atomic E-state index is 12.3. The first-order valence-electron chi connectivity index (χ1n) is 8.34. The van der Waals surface area contributed by atoms with Crippen LogP contribution in [-0.2, 0) is 19.1 Å². The fraction of sp³-hybridized carbons (Fsp3) is 0.263. The second-order valence-electron chi connectivity index (χ2n) is 6.27. The van der Waals surface area contributed by atoms with Gasteiger partial charge in [-0.1, -0.05) is 18.2 Å². The van der Waals surface area contributed by atoms with Crippen LogP contribution in [0, 0.1) is 0 Å². The number of benzene rings is 1. The monoisotopic (exact) mass is 417 g/mol. The molecule has 26 heavy (non-hydrogen) atoms. The standard InChI is InChI=1S/C19H16BrNO5/c20-15-11-13(24-16(15)21-12-6-2-1-3-7-12)10-14-17(22)25-19(26-18(14)23)8-4-5-9-19/h1-3,6-7,10-11,21H,4-5,8-9H2. The van der Waals surface area contributed by atoms with E-state index in [1.165, 1.54) is 6.08 Å². The molecular weight excluding hydrogens is 402 g/mol. The molecule has 1 aromatic carbocycles. The predicted octanol–water partition coefficient (Wildman–Crippen LogP) is 4.54. The van der Waals surface area contributed by atoms with Crippen LogP contribution in [0.5, 0.6) is 0 Å².